The molecule has 0 amide bonds. The number of fused-ring (bicyclic) bond motifs is 3. The van der Waals surface area contributed by atoms with Crippen molar-refractivity contribution in [1.29, 1.82) is 5.26 Å². The van der Waals surface area contributed by atoms with E-state index in [4.69, 9.17) is 16.3 Å². The molecule has 1 aromatic carbocycles. The second-order valence-electron chi connectivity index (χ2n) is 9.15. The fourth-order valence-corrected chi connectivity index (χ4v) is 6.11. The van der Waals surface area contributed by atoms with E-state index in [-0.39, 0.29) is 23.4 Å². The van der Waals surface area contributed by atoms with Crippen LogP contribution in [0.15, 0.2) is 66.4 Å². The molecule has 1 aromatic heterocycles. The Morgan fingerprint density at radius 3 is 2.73 bits per heavy atom. The van der Waals surface area contributed by atoms with E-state index >= 15 is 0 Å². The van der Waals surface area contributed by atoms with Crippen LogP contribution in [-0.2, 0) is 5.60 Å². The van der Waals surface area contributed by atoms with E-state index in [2.05, 4.69) is 16.4 Å². The number of aromatic nitrogens is 1. The number of aliphatic hydroxyl groups is 2. The van der Waals surface area contributed by atoms with Gasteiger partial charge in [0.05, 0.1) is 23.1 Å². The molecule has 0 saturated heterocycles. The van der Waals surface area contributed by atoms with Gasteiger partial charge >= 0.3 is 0 Å². The van der Waals surface area contributed by atoms with Gasteiger partial charge in [0.1, 0.15) is 11.4 Å². The minimum Gasteiger partial charge on any atom is -0.476 e. The molecule has 3 aliphatic rings. The number of nitrogens with one attached hydrogen (secondary N) is 1. The van der Waals surface area contributed by atoms with E-state index in [9.17, 15) is 15.5 Å². The Hall–Kier alpha value is -2.69. The summed E-state index contributed by atoms with van der Waals surface area (Å²) in [7, 11) is 1.83. The average Bonchev–Trinajstić information content (AvgIpc) is 3.17. The molecule has 0 bridgehead atoms. The number of ether oxygens (including phenoxy) is 1. The van der Waals surface area contributed by atoms with Gasteiger partial charge in [0.25, 0.3) is 0 Å². The van der Waals surface area contributed by atoms with Gasteiger partial charge in [-0.3, -0.25) is 4.98 Å². The molecule has 6 nitrogen and oxygen atoms in total. The van der Waals surface area contributed by atoms with Crippen LogP contribution in [0.1, 0.15) is 24.1 Å². The molecule has 170 valence electrons. The van der Waals surface area contributed by atoms with Gasteiger partial charge in [0.15, 0.2) is 11.2 Å². The first-order valence-electron chi connectivity index (χ1n) is 11.1. The van der Waals surface area contributed by atoms with Gasteiger partial charge in [-0.2, -0.15) is 5.26 Å². The molecule has 2 aliphatic carbocycles. The van der Waals surface area contributed by atoms with E-state index in [0.29, 0.717) is 17.3 Å². The number of nitriles is 1. The van der Waals surface area contributed by atoms with Crippen molar-refractivity contribution < 1.29 is 14.9 Å². The third kappa shape index (κ3) is 2.93. The lowest BCUT2D eigenvalue weighted by Crippen LogP contribution is -2.56. The monoisotopic (exact) mass is 463 g/mol. The molecule has 0 radical (unpaired) electrons. The third-order valence-corrected chi connectivity index (χ3v) is 7.59. The molecule has 3 unspecified atom stereocenters. The van der Waals surface area contributed by atoms with Gasteiger partial charge in [-0.05, 0) is 24.1 Å². The van der Waals surface area contributed by atoms with Crippen LogP contribution in [0.5, 0.6) is 5.75 Å². The summed E-state index contributed by atoms with van der Waals surface area (Å²) in [5.74, 6) is -0.775. The highest BCUT2D eigenvalue weighted by Crippen LogP contribution is 2.66. The summed E-state index contributed by atoms with van der Waals surface area (Å²) in [4.78, 5) is 4.45. The van der Waals surface area contributed by atoms with Crippen molar-refractivity contribution in [2.75, 3.05) is 13.6 Å². The highest BCUT2D eigenvalue weighted by Gasteiger charge is 2.77. The number of pyridine rings is 1. The zero-order valence-electron chi connectivity index (χ0n) is 18.4. The molecule has 1 saturated carbocycles. The van der Waals surface area contributed by atoms with E-state index in [1.165, 1.54) is 6.20 Å². The molecule has 0 spiro atoms. The number of nitrogens with zero attached hydrogens (tertiary/aromatic N) is 2. The lowest BCUT2D eigenvalue weighted by molar-refractivity contribution is -0.132. The van der Waals surface area contributed by atoms with Crippen molar-refractivity contribution in [2.45, 2.75) is 30.1 Å². The minimum absolute atomic E-state index is 0.0885. The van der Waals surface area contributed by atoms with Crippen molar-refractivity contribution in [3.05, 3.63) is 82.7 Å². The molecule has 5 rings (SSSR count). The van der Waals surface area contributed by atoms with Crippen molar-refractivity contribution in [2.24, 2.45) is 17.8 Å². The Labute approximate surface area is 198 Å². The smallest absolute Gasteiger partial charge is 0.181 e. The van der Waals surface area contributed by atoms with Crippen LogP contribution in [0.4, 0.5) is 0 Å². The van der Waals surface area contributed by atoms with E-state index in [0.717, 1.165) is 11.1 Å². The Bertz CT molecular complexity index is 1180. The van der Waals surface area contributed by atoms with Crippen LogP contribution >= 0.6 is 11.6 Å². The van der Waals surface area contributed by atoms with Gasteiger partial charge in [-0.1, -0.05) is 67.1 Å². The van der Waals surface area contributed by atoms with Gasteiger partial charge < -0.3 is 20.3 Å². The average molecular weight is 464 g/mol. The molecule has 33 heavy (non-hydrogen) atoms. The summed E-state index contributed by atoms with van der Waals surface area (Å²) >= 11 is 6.22. The summed E-state index contributed by atoms with van der Waals surface area (Å²) < 4.78 is 6.69. The maximum Gasteiger partial charge on any atom is 0.181 e. The van der Waals surface area contributed by atoms with Crippen molar-refractivity contribution >= 4 is 11.6 Å². The van der Waals surface area contributed by atoms with Crippen LogP contribution < -0.4 is 10.1 Å². The number of halogens is 1. The van der Waals surface area contributed by atoms with Crippen LogP contribution in [0, 0.1) is 29.1 Å². The van der Waals surface area contributed by atoms with Crippen molar-refractivity contribution in [3.8, 4) is 11.8 Å². The van der Waals surface area contributed by atoms with Crippen molar-refractivity contribution in [3.63, 3.8) is 0 Å². The first kappa shape index (κ1) is 22.1. The topological polar surface area (TPSA) is 98.4 Å². The summed E-state index contributed by atoms with van der Waals surface area (Å²) in [6.45, 7) is 2.43. The first-order chi connectivity index (χ1) is 15.9. The molecule has 7 heteroatoms. The van der Waals surface area contributed by atoms with E-state index < -0.39 is 23.2 Å². The second-order valence-corrected chi connectivity index (χ2v) is 9.59. The molecule has 1 aliphatic heterocycles. The van der Waals surface area contributed by atoms with Gasteiger partial charge in [0.2, 0.25) is 0 Å². The number of hydrogen-bond donors (Lipinski definition) is 3. The van der Waals surface area contributed by atoms with Crippen LogP contribution in [0.25, 0.3) is 0 Å². The molecule has 7 atom stereocenters. The number of rotatable bonds is 4. The maximum absolute atomic E-state index is 12.4. The number of hydrogen-bond acceptors (Lipinski definition) is 6. The predicted molar refractivity (Wildman–Crippen MR) is 125 cm³/mol. The van der Waals surface area contributed by atoms with Gasteiger partial charge in [-0.15, -0.1) is 0 Å². The minimum atomic E-state index is -1.82. The summed E-state index contributed by atoms with van der Waals surface area (Å²) in [6.07, 6.45) is 5.99. The van der Waals surface area contributed by atoms with Crippen LogP contribution in [0.3, 0.4) is 0 Å². The summed E-state index contributed by atoms with van der Waals surface area (Å²) in [5, 5.41) is 37.2. The molecule has 1 fully saturated rings. The second kappa shape index (κ2) is 7.96. The number of allylic oxidation sites excluding steroid dienone is 2. The largest absolute Gasteiger partial charge is 0.476 e. The third-order valence-electron chi connectivity index (χ3n) is 7.39. The zero-order chi connectivity index (χ0) is 23.4. The molecule has 2 aromatic rings. The fourth-order valence-electron chi connectivity index (χ4n) is 5.97. The molecule has 3 N–H and O–H groups in total. The Morgan fingerprint density at radius 2 is 2.06 bits per heavy atom. The van der Waals surface area contributed by atoms with E-state index in [1.54, 1.807) is 6.07 Å². The van der Waals surface area contributed by atoms with Gasteiger partial charge in [-0.25, -0.2) is 0 Å². The highest BCUT2D eigenvalue weighted by molar-refractivity contribution is 6.30. The lowest BCUT2D eigenvalue weighted by Gasteiger charge is -2.42. The normalized spacial score (nSPS) is 36.5. The number of aliphatic hydroxyl groups excluding tert-OH is 1. The van der Waals surface area contributed by atoms with Crippen LogP contribution in [0.2, 0.25) is 5.02 Å². The standard InChI is InChI=1S/C26H26ClN3O3/c1-15-10-18(9-8-17(15)12-28)26-22(16-6-4-3-5-7-16)20(14-29-2)24(31)25(26,32)23-21(33-26)11-19(27)13-30-23/h3-11,13,15,17,20,22,24,29,31-32H,14H2,1-2H3/t15?,17?,20-,22-,24-,25+,26?/m1/s1. The van der Waals surface area contributed by atoms with Gasteiger partial charge in [0, 0.05) is 30.6 Å². The quantitative estimate of drug-likeness (QED) is 0.643. The summed E-state index contributed by atoms with van der Waals surface area (Å²) in [6, 6.07) is 13.8. The lowest BCUT2D eigenvalue weighted by atomic mass is 9.68. The number of benzene rings is 1. The Morgan fingerprint density at radius 1 is 1.30 bits per heavy atom. The fraction of sp³-hybridized carbons (Fsp3) is 0.385. The Balaban J connectivity index is 1.81. The molecular formula is C26H26ClN3O3. The molecular weight excluding hydrogens is 438 g/mol. The predicted octanol–water partition coefficient (Wildman–Crippen LogP) is 3.32. The SMILES string of the molecule is CNC[C@@H]1[C@@H](c2ccccc2)C2(C3=CC(C)C(C#N)C=C3)Oc3cc(Cl)cnc3[C@]2(O)[C@@H]1O. The van der Waals surface area contributed by atoms with E-state index in [1.807, 2.05) is 62.5 Å². The maximum atomic E-state index is 12.4. The first-order valence-corrected chi connectivity index (χ1v) is 11.5. The highest BCUT2D eigenvalue weighted by atomic mass is 35.5. The zero-order valence-corrected chi connectivity index (χ0v) is 19.2. The summed E-state index contributed by atoms with van der Waals surface area (Å²) in [5.41, 5.74) is -1.21. The Kier molecular flexibility index (Phi) is 5.34. The van der Waals surface area contributed by atoms with Crippen LogP contribution in [-0.4, -0.2) is 40.5 Å². The van der Waals surface area contributed by atoms with Crippen molar-refractivity contribution in [1.82, 2.24) is 10.3 Å². The molecule has 2 heterocycles.